The highest BCUT2D eigenvalue weighted by Crippen LogP contribution is 2.13. The van der Waals surface area contributed by atoms with E-state index in [1.807, 2.05) is 6.08 Å². The van der Waals surface area contributed by atoms with Gasteiger partial charge < -0.3 is 14.2 Å². The van der Waals surface area contributed by atoms with Crippen molar-refractivity contribution in [1.82, 2.24) is 0 Å². The van der Waals surface area contributed by atoms with Crippen LogP contribution in [0.1, 0.15) is 45.4 Å². The van der Waals surface area contributed by atoms with E-state index in [1.165, 1.54) is 13.3 Å². The number of allylic oxidation sites excluding steroid dienone is 1. The van der Waals surface area contributed by atoms with Crippen LogP contribution < -0.4 is 0 Å². The van der Waals surface area contributed by atoms with E-state index >= 15 is 0 Å². The third kappa shape index (κ3) is 8.25. The zero-order valence-electron chi connectivity index (χ0n) is 11.2. The number of unbranched alkanes of at least 4 members (excludes halogenated alkanes) is 1. The number of hydrogen-bond donors (Lipinski definition) is 0. The molecular weight excluding hydrogens is 232 g/mol. The maximum Gasteiger partial charge on any atom is 0.302 e. The molecule has 4 heteroatoms. The van der Waals surface area contributed by atoms with Gasteiger partial charge in [-0.05, 0) is 38.5 Å². The van der Waals surface area contributed by atoms with Gasteiger partial charge in [0.25, 0.3) is 0 Å². The van der Waals surface area contributed by atoms with Gasteiger partial charge in [-0.15, -0.1) is 0 Å². The summed E-state index contributed by atoms with van der Waals surface area (Å²) in [6, 6.07) is 0. The number of carbonyl (C=O) groups is 1. The number of hydrogen-bond acceptors (Lipinski definition) is 4. The summed E-state index contributed by atoms with van der Waals surface area (Å²) in [5, 5.41) is 0. The van der Waals surface area contributed by atoms with Gasteiger partial charge in [-0.1, -0.05) is 12.2 Å². The lowest BCUT2D eigenvalue weighted by atomic mass is 10.2. The fraction of sp³-hybridized carbons (Fsp3) is 0.786. The summed E-state index contributed by atoms with van der Waals surface area (Å²) in [6.07, 6.45) is 10.3. The van der Waals surface area contributed by atoms with Crippen molar-refractivity contribution < 1.29 is 19.0 Å². The van der Waals surface area contributed by atoms with E-state index in [-0.39, 0.29) is 12.3 Å². The molecule has 0 aromatic rings. The van der Waals surface area contributed by atoms with Crippen molar-refractivity contribution in [2.24, 2.45) is 0 Å². The van der Waals surface area contributed by atoms with Crippen LogP contribution in [0.4, 0.5) is 0 Å². The first-order chi connectivity index (χ1) is 8.79. The smallest absolute Gasteiger partial charge is 0.302 e. The molecule has 0 spiro atoms. The average molecular weight is 256 g/mol. The molecule has 0 amide bonds. The van der Waals surface area contributed by atoms with Crippen LogP contribution in [0.3, 0.4) is 0 Å². The number of rotatable bonds is 8. The lowest BCUT2D eigenvalue weighted by Gasteiger charge is -2.22. The first-order valence-electron chi connectivity index (χ1n) is 6.80. The van der Waals surface area contributed by atoms with Gasteiger partial charge in [0.05, 0.1) is 13.2 Å². The second-order valence-corrected chi connectivity index (χ2v) is 4.41. The third-order valence-electron chi connectivity index (χ3n) is 2.71. The normalized spacial score (nSPS) is 20.2. The molecule has 1 heterocycles. The topological polar surface area (TPSA) is 44.8 Å². The Morgan fingerprint density at radius 2 is 2.11 bits per heavy atom. The number of ether oxygens (including phenoxy) is 3. The summed E-state index contributed by atoms with van der Waals surface area (Å²) in [6.45, 7) is 3.48. The van der Waals surface area contributed by atoms with Gasteiger partial charge in [0.1, 0.15) is 0 Å². The molecule has 1 aliphatic heterocycles. The quantitative estimate of drug-likeness (QED) is 0.380. The van der Waals surface area contributed by atoms with Crippen LogP contribution in [0.15, 0.2) is 12.2 Å². The summed E-state index contributed by atoms with van der Waals surface area (Å²) < 4.78 is 15.9. The van der Waals surface area contributed by atoms with Crippen LogP contribution in [0.2, 0.25) is 0 Å². The van der Waals surface area contributed by atoms with Gasteiger partial charge >= 0.3 is 5.97 Å². The van der Waals surface area contributed by atoms with E-state index in [4.69, 9.17) is 14.2 Å². The SMILES string of the molecule is CC(=O)OCC/C=C\CCCO[C@H]1CCCCO1. The Morgan fingerprint density at radius 3 is 2.83 bits per heavy atom. The van der Waals surface area contributed by atoms with Crippen LogP contribution in [0.5, 0.6) is 0 Å². The Morgan fingerprint density at radius 1 is 1.28 bits per heavy atom. The second kappa shape index (κ2) is 10.1. The van der Waals surface area contributed by atoms with E-state index in [2.05, 4.69) is 6.08 Å². The molecule has 1 atom stereocenters. The number of esters is 1. The molecule has 1 fully saturated rings. The van der Waals surface area contributed by atoms with E-state index in [9.17, 15) is 4.79 Å². The third-order valence-corrected chi connectivity index (χ3v) is 2.71. The highest BCUT2D eigenvalue weighted by molar-refractivity contribution is 5.65. The molecule has 104 valence electrons. The molecule has 18 heavy (non-hydrogen) atoms. The first kappa shape index (κ1) is 15.2. The minimum absolute atomic E-state index is 0.0201. The van der Waals surface area contributed by atoms with Crippen molar-refractivity contribution in [3.8, 4) is 0 Å². The Hall–Kier alpha value is -0.870. The molecule has 4 nitrogen and oxygen atoms in total. The monoisotopic (exact) mass is 256 g/mol. The standard InChI is InChI=1S/C14H24O4/c1-13(15)16-10-6-3-2-4-7-11-17-14-9-5-8-12-18-14/h2-3,14H,4-12H2,1H3/b3-2-/t14-/m1/s1. The molecule has 0 aromatic carbocycles. The van der Waals surface area contributed by atoms with Gasteiger partial charge in [0.2, 0.25) is 0 Å². The van der Waals surface area contributed by atoms with Crippen LogP contribution >= 0.6 is 0 Å². The predicted molar refractivity (Wildman–Crippen MR) is 69.2 cm³/mol. The average Bonchev–Trinajstić information content (AvgIpc) is 2.37. The Kier molecular flexibility index (Phi) is 8.51. The van der Waals surface area contributed by atoms with E-state index in [0.717, 1.165) is 45.3 Å². The van der Waals surface area contributed by atoms with E-state index in [0.29, 0.717) is 6.61 Å². The fourth-order valence-electron chi connectivity index (χ4n) is 1.76. The minimum Gasteiger partial charge on any atom is -0.466 e. The molecule has 0 unspecified atom stereocenters. The summed E-state index contributed by atoms with van der Waals surface area (Å²) in [4.78, 5) is 10.5. The Balaban J connectivity index is 1.85. The Labute approximate surface area is 109 Å². The molecule has 0 aliphatic carbocycles. The largest absolute Gasteiger partial charge is 0.466 e. The van der Waals surface area contributed by atoms with Gasteiger partial charge in [-0.25, -0.2) is 0 Å². The minimum atomic E-state index is -0.218. The molecule has 1 rings (SSSR count). The zero-order valence-corrected chi connectivity index (χ0v) is 11.2. The second-order valence-electron chi connectivity index (χ2n) is 4.41. The van der Waals surface area contributed by atoms with Gasteiger partial charge in [-0.3, -0.25) is 4.79 Å². The molecule has 0 aromatic heterocycles. The molecule has 0 radical (unpaired) electrons. The summed E-state index contributed by atoms with van der Waals surface area (Å²) in [7, 11) is 0. The van der Waals surface area contributed by atoms with E-state index in [1.54, 1.807) is 0 Å². The Bertz CT molecular complexity index is 244. The zero-order chi connectivity index (χ0) is 13.1. The molecule has 0 bridgehead atoms. The van der Waals surface area contributed by atoms with E-state index < -0.39 is 0 Å². The maximum absolute atomic E-state index is 10.5. The lowest BCUT2D eigenvalue weighted by molar-refractivity contribution is -0.162. The lowest BCUT2D eigenvalue weighted by Crippen LogP contribution is -2.22. The highest BCUT2D eigenvalue weighted by Gasteiger charge is 2.12. The van der Waals surface area contributed by atoms with Crippen LogP contribution in [0.25, 0.3) is 0 Å². The molecule has 1 saturated heterocycles. The van der Waals surface area contributed by atoms with Crippen molar-refractivity contribution in [3.63, 3.8) is 0 Å². The van der Waals surface area contributed by atoms with Crippen molar-refractivity contribution in [1.29, 1.82) is 0 Å². The summed E-state index contributed by atoms with van der Waals surface area (Å²) in [5.74, 6) is -0.218. The number of carbonyl (C=O) groups excluding carboxylic acids is 1. The summed E-state index contributed by atoms with van der Waals surface area (Å²) >= 11 is 0. The fourth-order valence-corrected chi connectivity index (χ4v) is 1.76. The van der Waals surface area contributed by atoms with Gasteiger partial charge in [-0.2, -0.15) is 0 Å². The van der Waals surface area contributed by atoms with Crippen LogP contribution in [-0.2, 0) is 19.0 Å². The van der Waals surface area contributed by atoms with Gasteiger partial charge in [0, 0.05) is 13.5 Å². The first-order valence-corrected chi connectivity index (χ1v) is 6.80. The molecule has 1 aliphatic rings. The molecule has 0 saturated carbocycles. The van der Waals surface area contributed by atoms with Crippen molar-refractivity contribution >= 4 is 5.97 Å². The predicted octanol–water partition coefficient (Wildman–Crippen LogP) is 2.82. The molecule has 0 N–H and O–H groups in total. The van der Waals surface area contributed by atoms with Crippen LogP contribution in [0, 0.1) is 0 Å². The van der Waals surface area contributed by atoms with Crippen LogP contribution in [-0.4, -0.2) is 32.1 Å². The highest BCUT2D eigenvalue weighted by atomic mass is 16.7. The van der Waals surface area contributed by atoms with Crippen molar-refractivity contribution in [2.75, 3.05) is 19.8 Å². The van der Waals surface area contributed by atoms with Crippen molar-refractivity contribution in [2.45, 2.75) is 51.7 Å². The molecular formula is C14H24O4. The van der Waals surface area contributed by atoms with Gasteiger partial charge in [0.15, 0.2) is 6.29 Å². The maximum atomic E-state index is 10.5. The van der Waals surface area contributed by atoms with Crippen molar-refractivity contribution in [3.05, 3.63) is 12.2 Å². The summed E-state index contributed by atoms with van der Waals surface area (Å²) in [5.41, 5.74) is 0.